The molecule has 2 rings (SSSR count). The van der Waals surface area contributed by atoms with Crippen molar-refractivity contribution in [2.45, 2.75) is 19.8 Å². The molecular formula is C18H22O5. The van der Waals surface area contributed by atoms with Gasteiger partial charge in [0.05, 0.1) is 0 Å². The minimum absolute atomic E-state index is 0.101. The van der Waals surface area contributed by atoms with Gasteiger partial charge in [0.2, 0.25) is 0 Å². The number of aliphatic hydroxyl groups excluding tert-OH is 2. The van der Waals surface area contributed by atoms with Gasteiger partial charge in [0, 0.05) is 20.1 Å². The normalized spacial score (nSPS) is 9.70. The van der Waals surface area contributed by atoms with E-state index in [1.165, 1.54) is 6.92 Å². The molecule has 0 aliphatic rings. The molecule has 5 nitrogen and oxygen atoms in total. The first-order valence-corrected chi connectivity index (χ1v) is 7.32. The Labute approximate surface area is 135 Å². The zero-order valence-corrected chi connectivity index (χ0v) is 13.1. The van der Waals surface area contributed by atoms with Crippen molar-refractivity contribution >= 4 is 5.97 Å². The third-order valence-corrected chi connectivity index (χ3v) is 2.87. The van der Waals surface area contributed by atoms with Crippen molar-refractivity contribution in [3.8, 4) is 11.5 Å². The minimum atomic E-state index is -0.332. The summed E-state index contributed by atoms with van der Waals surface area (Å²) in [6.07, 6.45) is 1.18. The van der Waals surface area contributed by atoms with E-state index in [0.29, 0.717) is 18.6 Å². The highest BCUT2D eigenvalue weighted by atomic mass is 16.5. The lowest BCUT2D eigenvalue weighted by atomic mass is 10.1. The molecule has 0 heterocycles. The number of hydrogen-bond donors (Lipinski definition) is 3. The molecule has 23 heavy (non-hydrogen) atoms. The molecule has 3 N–H and O–H groups in total. The van der Waals surface area contributed by atoms with Gasteiger partial charge in [-0.15, -0.1) is 0 Å². The van der Waals surface area contributed by atoms with Crippen molar-refractivity contribution in [2.24, 2.45) is 0 Å². The van der Waals surface area contributed by atoms with Gasteiger partial charge >= 0.3 is 5.97 Å². The number of carbonyl (C=O) groups is 1. The van der Waals surface area contributed by atoms with E-state index in [0.717, 1.165) is 11.1 Å². The van der Waals surface area contributed by atoms with Gasteiger partial charge in [-0.2, -0.15) is 0 Å². The van der Waals surface area contributed by atoms with Gasteiger partial charge in [-0.3, -0.25) is 4.79 Å². The Morgan fingerprint density at radius 2 is 1.52 bits per heavy atom. The van der Waals surface area contributed by atoms with Crippen LogP contribution >= 0.6 is 0 Å². The van der Waals surface area contributed by atoms with Crippen LogP contribution in [0.1, 0.15) is 18.1 Å². The molecule has 5 heteroatoms. The van der Waals surface area contributed by atoms with E-state index in [1.54, 1.807) is 36.4 Å². The summed E-state index contributed by atoms with van der Waals surface area (Å²) in [5.74, 6) is 0.450. The average molecular weight is 318 g/mol. The van der Waals surface area contributed by atoms with Crippen molar-refractivity contribution in [2.75, 3.05) is 13.2 Å². The third kappa shape index (κ3) is 7.99. The second-order valence-electron chi connectivity index (χ2n) is 4.86. The quantitative estimate of drug-likeness (QED) is 0.580. The van der Waals surface area contributed by atoms with E-state index in [4.69, 9.17) is 20.1 Å². The maximum Gasteiger partial charge on any atom is 0.308 e. The van der Waals surface area contributed by atoms with E-state index in [9.17, 15) is 4.79 Å². The summed E-state index contributed by atoms with van der Waals surface area (Å²) in [6, 6.07) is 14.0. The summed E-state index contributed by atoms with van der Waals surface area (Å²) in [6.45, 7) is 1.59. The predicted molar refractivity (Wildman–Crippen MR) is 87.4 cm³/mol. The lowest BCUT2D eigenvalue weighted by Crippen LogP contribution is -2.01. The number of ether oxygens (including phenoxy) is 1. The Balaban J connectivity index is 0.000000238. The number of aliphatic hydroxyl groups is 2. The SMILES string of the molecule is CC(=O)Oc1cccc(CCO)c1.OCCc1cccc(O)c1. The summed E-state index contributed by atoms with van der Waals surface area (Å²) >= 11 is 0. The van der Waals surface area contributed by atoms with E-state index in [1.807, 2.05) is 12.1 Å². The fourth-order valence-electron chi connectivity index (χ4n) is 1.90. The lowest BCUT2D eigenvalue weighted by molar-refractivity contribution is -0.131. The molecule has 2 aromatic rings. The largest absolute Gasteiger partial charge is 0.508 e. The van der Waals surface area contributed by atoms with E-state index >= 15 is 0 Å². The third-order valence-electron chi connectivity index (χ3n) is 2.87. The second-order valence-corrected chi connectivity index (χ2v) is 4.86. The number of hydrogen-bond acceptors (Lipinski definition) is 5. The zero-order valence-electron chi connectivity index (χ0n) is 13.1. The van der Waals surface area contributed by atoms with Gasteiger partial charge < -0.3 is 20.1 Å². The molecule has 0 unspecified atom stereocenters. The number of rotatable bonds is 5. The van der Waals surface area contributed by atoms with Crippen LogP contribution in [0.3, 0.4) is 0 Å². The topological polar surface area (TPSA) is 87.0 Å². The highest BCUT2D eigenvalue weighted by Gasteiger charge is 1.98. The van der Waals surface area contributed by atoms with Crippen LogP contribution in [0.2, 0.25) is 0 Å². The number of esters is 1. The molecule has 0 aliphatic carbocycles. The fraction of sp³-hybridized carbons (Fsp3) is 0.278. The van der Waals surface area contributed by atoms with E-state index in [2.05, 4.69) is 0 Å². The Hall–Kier alpha value is -2.37. The minimum Gasteiger partial charge on any atom is -0.508 e. The van der Waals surface area contributed by atoms with E-state index < -0.39 is 0 Å². The highest BCUT2D eigenvalue weighted by molar-refractivity contribution is 5.69. The Kier molecular flexibility index (Phi) is 8.42. The summed E-state index contributed by atoms with van der Waals surface area (Å²) < 4.78 is 4.88. The van der Waals surface area contributed by atoms with Crippen molar-refractivity contribution in [3.05, 3.63) is 59.7 Å². The molecule has 2 aromatic carbocycles. The van der Waals surface area contributed by atoms with Gasteiger partial charge in [-0.25, -0.2) is 0 Å². The van der Waals surface area contributed by atoms with Crippen molar-refractivity contribution < 1.29 is 24.9 Å². The van der Waals surface area contributed by atoms with Crippen LogP contribution in [-0.2, 0) is 17.6 Å². The maximum absolute atomic E-state index is 10.6. The van der Waals surface area contributed by atoms with Crippen LogP contribution in [0.15, 0.2) is 48.5 Å². The summed E-state index contributed by atoms with van der Waals surface area (Å²) in [4.78, 5) is 10.6. The molecule has 0 fully saturated rings. The van der Waals surface area contributed by atoms with Crippen molar-refractivity contribution in [3.63, 3.8) is 0 Å². The molecule has 124 valence electrons. The molecular weight excluding hydrogens is 296 g/mol. The van der Waals surface area contributed by atoms with Gasteiger partial charge in [0.25, 0.3) is 0 Å². The Morgan fingerprint density at radius 1 is 0.957 bits per heavy atom. The van der Waals surface area contributed by atoms with Crippen LogP contribution in [0.4, 0.5) is 0 Å². The smallest absolute Gasteiger partial charge is 0.308 e. The first kappa shape index (κ1) is 18.7. The van der Waals surface area contributed by atoms with Gasteiger partial charge in [0.1, 0.15) is 11.5 Å². The number of phenols is 1. The molecule has 0 saturated carbocycles. The van der Waals surface area contributed by atoms with Gasteiger partial charge in [-0.1, -0.05) is 24.3 Å². The van der Waals surface area contributed by atoms with Gasteiger partial charge in [-0.05, 0) is 48.2 Å². The number of carbonyl (C=O) groups excluding carboxylic acids is 1. The first-order valence-electron chi connectivity index (χ1n) is 7.32. The average Bonchev–Trinajstić information content (AvgIpc) is 2.48. The monoisotopic (exact) mass is 318 g/mol. The van der Waals surface area contributed by atoms with Crippen molar-refractivity contribution in [1.82, 2.24) is 0 Å². The number of benzene rings is 2. The molecule has 0 aromatic heterocycles. The van der Waals surface area contributed by atoms with E-state index in [-0.39, 0.29) is 24.9 Å². The maximum atomic E-state index is 10.6. The molecule has 0 atom stereocenters. The molecule has 0 amide bonds. The molecule has 0 saturated heterocycles. The number of phenolic OH excluding ortho intramolecular Hbond substituents is 1. The summed E-state index contributed by atoms with van der Waals surface area (Å²) in [7, 11) is 0. The molecule has 0 aliphatic heterocycles. The lowest BCUT2D eigenvalue weighted by Gasteiger charge is -2.02. The number of aromatic hydroxyl groups is 1. The predicted octanol–water partition coefficient (Wildman–Crippen LogP) is 2.07. The first-order chi connectivity index (χ1) is 11.0. The van der Waals surface area contributed by atoms with Gasteiger partial charge in [0.15, 0.2) is 0 Å². The molecule has 0 bridgehead atoms. The highest BCUT2D eigenvalue weighted by Crippen LogP contribution is 2.13. The Bertz CT molecular complexity index is 610. The molecule has 0 radical (unpaired) electrons. The van der Waals surface area contributed by atoms with Crippen LogP contribution in [-0.4, -0.2) is 34.5 Å². The standard InChI is InChI=1S/C10H12O3.C8H10O2/c1-8(12)13-10-4-2-3-9(7-10)5-6-11;9-5-4-7-2-1-3-8(10)6-7/h2-4,7,11H,5-6H2,1H3;1-3,6,9-10H,4-5H2. The second kappa shape index (κ2) is 10.4. The van der Waals surface area contributed by atoms with Crippen LogP contribution < -0.4 is 4.74 Å². The van der Waals surface area contributed by atoms with Crippen LogP contribution in [0.25, 0.3) is 0 Å². The van der Waals surface area contributed by atoms with Crippen LogP contribution in [0, 0.1) is 0 Å². The van der Waals surface area contributed by atoms with Crippen LogP contribution in [0.5, 0.6) is 11.5 Å². The summed E-state index contributed by atoms with van der Waals surface area (Å²) in [5, 5.41) is 26.2. The van der Waals surface area contributed by atoms with Crippen molar-refractivity contribution in [1.29, 1.82) is 0 Å². The Morgan fingerprint density at radius 3 is 2.04 bits per heavy atom. The molecule has 0 spiro atoms. The zero-order chi connectivity index (χ0) is 17.1. The fourth-order valence-corrected chi connectivity index (χ4v) is 1.90. The summed E-state index contributed by atoms with van der Waals surface area (Å²) in [5.41, 5.74) is 1.92.